The van der Waals surface area contributed by atoms with Crippen molar-refractivity contribution < 1.29 is 14.3 Å². The third-order valence-electron chi connectivity index (χ3n) is 3.23. The molecule has 18 heavy (non-hydrogen) atoms. The molecule has 3 nitrogen and oxygen atoms in total. The minimum atomic E-state index is -0.276. The SMILES string of the molecule is COC(=O)C1CCC(=Cc2ccccc2)C(=O)C1. The maximum Gasteiger partial charge on any atom is 0.309 e. The first-order chi connectivity index (χ1) is 8.70. The molecule has 0 saturated heterocycles. The molecule has 94 valence electrons. The summed E-state index contributed by atoms with van der Waals surface area (Å²) in [6, 6.07) is 9.76. The van der Waals surface area contributed by atoms with E-state index in [1.807, 2.05) is 36.4 Å². The number of carbonyl (C=O) groups excluding carboxylic acids is 2. The molecule has 0 radical (unpaired) electrons. The third-order valence-corrected chi connectivity index (χ3v) is 3.23. The molecule has 3 heteroatoms. The van der Waals surface area contributed by atoms with E-state index in [0.29, 0.717) is 12.8 Å². The van der Waals surface area contributed by atoms with Crippen LogP contribution in [0.5, 0.6) is 0 Å². The molecule has 2 rings (SSSR count). The summed E-state index contributed by atoms with van der Waals surface area (Å²) in [5.74, 6) is -0.488. The summed E-state index contributed by atoms with van der Waals surface area (Å²) in [7, 11) is 1.36. The van der Waals surface area contributed by atoms with Gasteiger partial charge in [-0.2, -0.15) is 0 Å². The van der Waals surface area contributed by atoms with Crippen LogP contribution in [0.15, 0.2) is 35.9 Å². The summed E-state index contributed by atoms with van der Waals surface area (Å²) >= 11 is 0. The van der Waals surface area contributed by atoms with E-state index in [-0.39, 0.29) is 24.1 Å². The Bertz CT molecular complexity index is 474. The zero-order chi connectivity index (χ0) is 13.0. The number of hydrogen-bond acceptors (Lipinski definition) is 3. The molecule has 1 atom stereocenters. The van der Waals surface area contributed by atoms with Crippen molar-refractivity contribution in [1.29, 1.82) is 0 Å². The summed E-state index contributed by atoms with van der Waals surface area (Å²) < 4.78 is 4.68. The number of ether oxygens (including phenoxy) is 1. The van der Waals surface area contributed by atoms with Gasteiger partial charge in [-0.25, -0.2) is 0 Å². The largest absolute Gasteiger partial charge is 0.469 e. The quantitative estimate of drug-likeness (QED) is 0.593. The van der Waals surface area contributed by atoms with E-state index in [2.05, 4.69) is 4.74 Å². The molecular weight excluding hydrogens is 228 g/mol. The van der Waals surface area contributed by atoms with Gasteiger partial charge in [-0.05, 0) is 30.1 Å². The number of benzene rings is 1. The molecule has 0 bridgehead atoms. The van der Waals surface area contributed by atoms with Crippen LogP contribution in [-0.2, 0) is 14.3 Å². The average molecular weight is 244 g/mol. The van der Waals surface area contributed by atoms with Crippen LogP contribution in [0.4, 0.5) is 0 Å². The van der Waals surface area contributed by atoms with Gasteiger partial charge >= 0.3 is 5.97 Å². The van der Waals surface area contributed by atoms with Crippen LogP contribution >= 0.6 is 0 Å². The predicted molar refractivity (Wildman–Crippen MR) is 68.8 cm³/mol. The van der Waals surface area contributed by atoms with E-state index in [1.54, 1.807) is 0 Å². The molecule has 0 amide bonds. The number of esters is 1. The fourth-order valence-corrected chi connectivity index (χ4v) is 2.20. The second-order valence-electron chi connectivity index (χ2n) is 4.47. The van der Waals surface area contributed by atoms with Gasteiger partial charge in [0.2, 0.25) is 0 Å². The maximum absolute atomic E-state index is 12.0. The van der Waals surface area contributed by atoms with Crippen LogP contribution in [-0.4, -0.2) is 18.9 Å². The minimum absolute atomic E-state index is 0.0560. The van der Waals surface area contributed by atoms with Gasteiger partial charge in [0.05, 0.1) is 13.0 Å². The molecule has 1 aromatic rings. The molecule has 1 aliphatic rings. The monoisotopic (exact) mass is 244 g/mol. The zero-order valence-corrected chi connectivity index (χ0v) is 10.4. The molecule has 0 N–H and O–H groups in total. The van der Waals surface area contributed by atoms with E-state index in [1.165, 1.54) is 7.11 Å². The van der Waals surface area contributed by atoms with Gasteiger partial charge in [0.1, 0.15) is 0 Å². The number of rotatable bonds is 2. The highest BCUT2D eigenvalue weighted by atomic mass is 16.5. The normalized spacial score (nSPS) is 21.9. The van der Waals surface area contributed by atoms with Crippen molar-refractivity contribution in [3.05, 3.63) is 41.5 Å². The highest BCUT2D eigenvalue weighted by Crippen LogP contribution is 2.27. The second-order valence-corrected chi connectivity index (χ2v) is 4.47. The lowest BCUT2D eigenvalue weighted by atomic mass is 9.84. The highest BCUT2D eigenvalue weighted by molar-refractivity contribution is 6.02. The Hall–Kier alpha value is -1.90. The molecular formula is C15H16O3. The van der Waals surface area contributed by atoms with E-state index in [4.69, 9.17) is 0 Å². The number of hydrogen-bond donors (Lipinski definition) is 0. The number of carbonyl (C=O) groups is 2. The Morgan fingerprint density at radius 1 is 1.33 bits per heavy atom. The fourth-order valence-electron chi connectivity index (χ4n) is 2.20. The Labute approximate surface area is 106 Å². The summed E-state index contributed by atoms with van der Waals surface area (Å²) in [6.07, 6.45) is 3.52. The van der Waals surface area contributed by atoms with Gasteiger partial charge in [-0.15, -0.1) is 0 Å². The van der Waals surface area contributed by atoms with Crippen molar-refractivity contribution in [2.45, 2.75) is 19.3 Å². The molecule has 1 aromatic carbocycles. The second kappa shape index (κ2) is 5.63. The van der Waals surface area contributed by atoms with Crippen LogP contribution < -0.4 is 0 Å². The van der Waals surface area contributed by atoms with Crippen LogP contribution in [0, 0.1) is 5.92 Å². The van der Waals surface area contributed by atoms with E-state index >= 15 is 0 Å². The van der Waals surface area contributed by atoms with Crippen molar-refractivity contribution in [3.8, 4) is 0 Å². The van der Waals surface area contributed by atoms with Gasteiger partial charge in [0, 0.05) is 6.42 Å². The summed E-state index contributed by atoms with van der Waals surface area (Å²) in [5.41, 5.74) is 1.83. The first-order valence-electron chi connectivity index (χ1n) is 6.07. The van der Waals surface area contributed by atoms with Crippen LogP contribution in [0.25, 0.3) is 6.08 Å². The summed E-state index contributed by atoms with van der Waals surface area (Å²) in [4.78, 5) is 23.3. The van der Waals surface area contributed by atoms with Gasteiger partial charge in [-0.3, -0.25) is 9.59 Å². The zero-order valence-electron chi connectivity index (χ0n) is 10.4. The minimum Gasteiger partial charge on any atom is -0.469 e. The third kappa shape index (κ3) is 2.86. The summed E-state index contributed by atoms with van der Waals surface area (Å²) in [5, 5.41) is 0. The molecule has 0 aromatic heterocycles. The smallest absolute Gasteiger partial charge is 0.309 e. The van der Waals surface area contributed by atoms with Gasteiger partial charge < -0.3 is 4.74 Å². The van der Waals surface area contributed by atoms with E-state index in [9.17, 15) is 9.59 Å². The molecule has 0 aliphatic heterocycles. The molecule has 1 saturated carbocycles. The Kier molecular flexibility index (Phi) is 3.92. The average Bonchev–Trinajstić information content (AvgIpc) is 2.41. The molecule has 1 unspecified atom stereocenters. The predicted octanol–water partition coefficient (Wildman–Crippen LogP) is 2.61. The molecule has 1 aliphatic carbocycles. The van der Waals surface area contributed by atoms with Crippen molar-refractivity contribution in [3.63, 3.8) is 0 Å². The standard InChI is InChI=1S/C15H16O3/c1-18-15(17)13-8-7-12(14(16)10-13)9-11-5-3-2-4-6-11/h2-6,9,13H,7-8,10H2,1H3. The van der Waals surface area contributed by atoms with Crippen molar-refractivity contribution in [1.82, 2.24) is 0 Å². The van der Waals surface area contributed by atoms with Crippen LogP contribution in [0.1, 0.15) is 24.8 Å². The van der Waals surface area contributed by atoms with Crippen molar-refractivity contribution in [2.24, 2.45) is 5.92 Å². The fraction of sp³-hybridized carbons (Fsp3) is 0.333. The summed E-state index contributed by atoms with van der Waals surface area (Å²) in [6.45, 7) is 0. The Morgan fingerprint density at radius 3 is 2.67 bits per heavy atom. The molecule has 1 fully saturated rings. The number of ketones is 1. The highest BCUT2D eigenvalue weighted by Gasteiger charge is 2.29. The van der Waals surface area contributed by atoms with Gasteiger partial charge in [-0.1, -0.05) is 30.3 Å². The lowest BCUT2D eigenvalue weighted by Gasteiger charge is -2.20. The van der Waals surface area contributed by atoms with E-state index in [0.717, 1.165) is 11.1 Å². The Balaban J connectivity index is 2.08. The first kappa shape index (κ1) is 12.6. The number of Topliss-reactive ketones (excluding diaryl/α,β-unsaturated/α-hetero) is 1. The Morgan fingerprint density at radius 2 is 2.06 bits per heavy atom. The maximum atomic E-state index is 12.0. The van der Waals surface area contributed by atoms with Gasteiger partial charge in [0.25, 0.3) is 0 Å². The number of methoxy groups -OCH3 is 1. The lowest BCUT2D eigenvalue weighted by Crippen LogP contribution is -2.25. The first-order valence-corrected chi connectivity index (χ1v) is 6.07. The van der Waals surface area contributed by atoms with Crippen molar-refractivity contribution >= 4 is 17.8 Å². The van der Waals surface area contributed by atoms with Gasteiger partial charge in [0.15, 0.2) is 5.78 Å². The molecule has 0 spiro atoms. The van der Waals surface area contributed by atoms with Crippen LogP contribution in [0.3, 0.4) is 0 Å². The van der Waals surface area contributed by atoms with Crippen molar-refractivity contribution in [2.75, 3.05) is 7.11 Å². The molecule has 0 heterocycles. The number of allylic oxidation sites excluding steroid dienone is 1. The topological polar surface area (TPSA) is 43.4 Å². The van der Waals surface area contributed by atoms with Crippen LogP contribution in [0.2, 0.25) is 0 Å². The van der Waals surface area contributed by atoms with E-state index < -0.39 is 0 Å². The lowest BCUT2D eigenvalue weighted by molar-refractivity contribution is -0.147.